The topological polar surface area (TPSA) is 83.8 Å². The zero-order chi connectivity index (χ0) is 16.9. The summed E-state index contributed by atoms with van der Waals surface area (Å²) in [5.74, 6) is 1.27. The second-order valence-corrected chi connectivity index (χ2v) is 6.29. The Morgan fingerprint density at radius 2 is 2.16 bits per heavy atom. The molecule has 0 spiro atoms. The largest absolute Gasteiger partial charge is 0.370 e. The van der Waals surface area contributed by atoms with E-state index in [9.17, 15) is 4.79 Å². The third kappa shape index (κ3) is 5.56. The van der Waals surface area contributed by atoms with Crippen molar-refractivity contribution < 1.29 is 9.53 Å². The Balaban J connectivity index is 0.00000225. The van der Waals surface area contributed by atoms with Crippen LogP contribution in [0.5, 0.6) is 0 Å². The Bertz CT molecular complexity index is 601. The Morgan fingerprint density at radius 3 is 2.80 bits per heavy atom. The number of ether oxygens (including phenoxy) is 1. The van der Waals surface area contributed by atoms with E-state index in [-0.39, 0.29) is 41.9 Å². The van der Waals surface area contributed by atoms with Crippen LogP contribution in [-0.2, 0) is 16.6 Å². The van der Waals surface area contributed by atoms with Gasteiger partial charge >= 0.3 is 0 Å². The monoisotopic (exact) mass is 462 g/mol. The molecule has 1 aromatic heterocycles. The fourth-order valence-electron chi connectivity index (χ4n) is 2.83. The van der Waals surface area contributed by atoms with Crippen LogP contribution >= 0.6 is 24.0 Å². The second-order valence-electron chi connectivity index (χ2n) is 6.29. The van der Waals surface area contributed by atoms with Crippen LogP contribution in [0.3, 0.4) is 0 Å². The first-order valence-corrected chi connectivity index (χ1v) is 8.51. The molecule has 2 N–H and O–H groups in total. The van der Waals surface area contributed by atoms with Gasteiger partial charge in [-0.05, 0) is 12.8 Å². The van der Waals surface area contributed by atoms with Crippen LogP contribution in [0.2, 0.25) is 0 Å². The summed E-state index contributed by atoms with van der Waals surface area (Å²) < 4.78 is 7.64. The lowest BCUT2D eigenvalue weighted by molar-refractivity contribution is -0.122. The van der Waals surface area contributed by atoms with Crippen LogP contribution < -0.4 is 10.6 Å². The summed E-state index contributed by atoms with van der Waals surface area (Å²) in [6.07, 6.45) is 5.89. The van der Waals surface area contributed by atoms with Crippen molar-refractivity contribution in [3.63, 3.8) is 0 Å². The van der Waals surface area contributed by atoms with Crippen LogP contribution in [-0.4, -0.2) is 66.4 Å². The minimum absolute atomic E-state index is 0. The van der Waals surface area contributed by atoms with Gasteiger partial charge in [0.2, 0.25) is 5.91 Å². The van der Waals surface area contributed by atoms with E-state index in [0.29, 0.717) is 19.7 Å². The van der Waals surface area contributed by atoms with Gasteiger partial charge in [-0.15, -0.1) is 24.0 Å². The first-order chi connectivity index (χ1) is 11.7. The maximum Gasteiger partial charge on any atom is 0.223 e. The zero-order valence-electron chi connectivity index (χ0n) is 14.8. The van der Waals surface area contributed by atoms with Crippen molar-refractivity contribution in [2.75, 3.05) is 39.8 Å². The quantitative estimate of drug-likeness (QED) is 0.289. The molecule has 0 aromatic carbocycles. The van der Waals surface area contributed by atoms with E-state index < -0.39 is 0 Å². The smallest absolute Gasteiger partial charge is 0.223 e. The molecular weight excluding hydrogens is 435 g/mol. The molecule has 1 aliphatic carbocycles. The van der Waals surface area contributed by atoms with Crippen molar-refractivity contribution in [2.45, 2.75) is 18.9 Å². The Hall–Kier alpha value is -1.36. The molecule has 1 saturated carbocycles. The van der Waals surface area contributed by atoms with E-state index in [1.54, 1.807) is 11.7 Å². The molecule has 1 amide bonds. The average Bonchev–Trinajstić information content (AvgIpc) is 3.36. The molecule has 2 aliphatic rings. The van der Waals surface area contributed by atoms with Crippen LogP contribution in [0.15, 0.2) is 17.4 Å². The highest BCUT2D eigenvalue weighted by Gasteiger charge is 2.29. The first-order valence-electron chi connectivity index (χ1n) is 8.51. The third-order valence-corrected chi connectivity index (χ3v) is 4.33. The number of aromatic nitrogens is 2. The standard InChI is InChI=1S/C16H26N6O2.HI/c1-17-16(19-6-5-18-15(23)12-3-4-12)22-7-8-24-14(11-22)13-9-20-21(2)10-13;/h9-10,12,14H,3-8,11H2,1-2H3,(H,17,19)(H,18,23);1H. The molecule has 140 valence electrons. The summed E-state index contributed by atoms with van der Waals surface area (Å²) in [6.45, 7) is 3.47. The lowest BCUT2D eigenvalue weighted by atomic mass is 10.1. The number of nitrogens with one attached hydrogen (secondary N) is 2. The number of aryl methyl sites for hydroxylation is 1. The number of aliphatic imine (C=N–C) groups is 1. The summed E-state index contributed by atoms with van der Waals surface area (Å²) in [6, 6.07) is 0. The van der Waals surface area contributed by atoms with E-state index in [1.165, 1.54) is 0 Å². The highest BCUT2D eigenvalue weighted by atomic mass is 127. The fourth-order valence-corrected chi connectivity index (χ4v) is 2.83. The molecule has 9 heteroatoms. The number of halogens is 1. The van der Waals surface area contributed by atoms with Crippen molar-refractivity contribution in [3.8, 4) is 0 Å². The molecule has 8 nitrogen and oxygen atoms in total. The first kappa shape index (κ1) is 20.0. The lowest BCUT2D eigenvalue weighted by Crippen LogP contribution is -2.49. The second kappa shape index (κ2) is 9.37. The van der Waals surface area contributed by atoms with Gasteiger partial charge in [0.15, 0.2) is 5.96 Å². The van der Waals surface area contributed by atoms with Gasteiger partial charge < -0.3 is 20.3 Å². The number of guanidine groups is 1. The average molecular weight is 462 g/mol. The Morgan fingerprint density at radius 1 is 1.40 bits per heavy atom. The van der Waals surface area contributed by atoms with Crippen LogP contribution in [0, 0.1) is 5.92 Å². The van der Waals surface area contributed by atoms with Crippen molar-refractivity contribution >= 4 is 35.8 Å². The molecule has 1 aliphatic heterocycles. The van der Waals surface area contributed by atoms with Gasteiger partial charge in [0.05, 0.1) is 19.3 Å². The van der Waals surface area contributed by atoms with Gasteiger partial charge in [0.1, 0.15) is 6.10 Å². The summed E-state index contributed by atoms with van der Waals surface area (Å²) >= 11 is 0. The number of morpholine rings is 1. The van der Waals surface area contributed by atoms with Crippen LogP contribution in [0.1, 0.15) is 24.5 Å². The number of hydrogen-bond donors (Lipinski definition) is 2. The molecule has 2 fully saturated rings. The third-order valence-electron chi connectivity index (χ3n) is 4.33. The highest BCUT2D eigenvalue weighted by Crippen LogP contribution is 2.28. The van der Waals surface area contributed by atoms with E-state index in [0.717, 1.165) is 37.5 Å². The van der Waals surface area contributed by atoms with Gasteiger partial charge in [0, 0.05) is 51.4 Å². The Labute approximate surface area is 165 Å². The summed E-state index contributed by atoms with van der Waals surface area (Å²) in [5, 5.41) is 10.5. The molecule has 25 heavy (non-hydrogen) atoms. The van der Waals surface area contributed by atoms with Gasteiger partial charge in [0.25, 0.3) is 0 Å². The molecule has 1 unspecified atom stereocenters. The molecule has 1 aromatic rings. The van der Waals surface area contributed by atoms with Crippen molar-refractivity contribution in [1.82, 2.24) is 25.3 Å². The SMILES string of the molecule is CN=C(NCCNC(=O)C1CC1)N1CCOC(c2cnn(C)c2)C1.I. The van der Waals surface area contributed by atoms with Gasteiger partial charge in [-0.1, -0.05) is 0 Å². The summed E-state index contributed by atoms with van der Waals surface area (Å²) in [7, 11) is 3.68. The minimum atomic E-state index is 0. The van der Waals surface area contributed by atoms with E-state index >= 15 is 0 Å². The number of hydrogen-bond acceptors (Lipinski definition) is 4. The molecule has 0 radical (unpaired) electrons. The number of carbonyl (C=O) groups excluding carboxylic acids is 1. The Kier molecular flexibility index (Phi) is 7.48. The molecule has 1 saturated heterocycles. The predicted molar refractivity (Wildman–Crippen MR) is 106 cm³/mol. The van der Waals surface area contributed by atoms with Gasteiger partial charge in [-0.2, -0.15) is 5.10 Å². The molecule has 3 rings (SSSR count). The van der Waals surface area contributed by atoms with Crippen LogP contribution in [0.4, 0.5) is 0 Å². The summed E-state index contributed by atoms with van der Waals surface area (Å²) in [5.41, 5.74) is 1.08. The number of amides is 1. The maximum absolute atomic E-state index is 11.6. The van der Waals surface area contributed by atoms with Gasteiger partial charge in [-0.3, -0.25) is 14.5 Å². The maximum atomic E-state index is 11.6. The number of rotatable bonds is 5. The zero-order valence-corrected chi connectivity index (χ0v) is 17.1. The molecule has 2 heterocycles. The van der Waals surface area contributed by atoms with E-state index in [4.69, 9.17) is 4.74 Å². The van der Waals surface area contributed by atoms with Crippen molar-refractivity contribution in [1.29, 1.82) is 0 Å². The van der Waals surface area contributed by atoms with Crippen LogP contribution in [0.25, 0.3) is 0 Å². The fraction of sp³-hybridized carbons (Fsp3) is 0.688. The lowest BCUT2D eigenvalue weighted by Gasteiger charge is -2.34. The molecule has 1 atom stereocenters. The van der Waals surface area contributed by atoms with Gasteiger partial charge in [-0.25, -0.2) is 0 Å². The van der Waals surface area contributed by atoms with Crippen molar-refractivity contribution in [2.24, 2.45) is 18.0 Å². The number of carbonyl (C=O) groups is 1. The molecular formula is C16H27IN6O2. The summed E-state index contributed by atoms with van der Waals surface area (Å²) in [4.78, 5) is 18.2. The number of nitrogens with zero attached hydrogens (tertiary/aromatic N) is 4. The highest BCUT2D eigenvalue weighted by molar-refractivity contribution is 14.0. The predicted octanol–water partition coefficient (Wildman–Crippen LogP) is 0.513. The van der Waals surface area contributed by atoms with E-state index in [1.807, 2.05) is 19.4 Å². The van der Waals surface area contributed by atoms with E-state index in [2.05, 4.69) is 25.6 Å². The normalized spacial score (nSPS) is 20.8. The van der Waals surface area contributed by atoms with Crippen molar-refractivity contribution in [3.05, 3.63) is 18.0 Å². The minimum Gasteiger partial charge on any atom is -0.370 e. The molecule has 0 bridgehead atoms.